The summed E-state index contributed by atoms with van der Waals surface area (Å²) in [4.78, 5) is 0. The molecule has 5 N–H and O–H groups in total. The third-order valence-electron chi connectivity index (χ3n) is 8.65. The molecule has 3 nitrogen and oxygen atoms in total. The molecule has 8 atom stereocenters. The molecule has 0 bridgehead atoms. The minimum atomic E-state index is -0.514. The van der Waals surface area contributed by atoms with Crippen molar-refractivity contribution in [3.8, 4) is 0 Å². The highest BCUT2D eigenvalue weighted by Crippen LogP contribution is 2.66. The number of hydrogen-bond acceptors (Lipinski definition) is 3. The Morgan fingerprint density at radius 2 is 1.64 bits per heavy atom. The molecule has 4 saturated carbocycles. The first kappa shape index (κ1) is 15.4. The lowest BCUT2D eigenvalue weighted by Gasteiger charge is -2.63. The van der Waals surface area contributed by atoms with Gasteiger partial charge in [-0.05, 0) is 86.4 Å². The van der Waals surface area contributed by atoms with Crippen LogP contribution in [0, 0.1) is 28.6 Å². The molecule has 0 saturated heterocycles. The van der Waals surface area contributed by atoms with E-state index in [9.17, 15) is 5.11 Å². The van der Waals surface area contributed by atoms with E-state index in [0.717, 1.165) is 37.5 Å². The molecule has 4 aliphatic carbocycles. The van der Waals surface area contributed by atoms with E-state index < -0.39 is 5.60 Å². The van der Waals surface area contributed by atoms with Crippen molar-refractivity contribution in [2.24, 2.45) is 40.1 Å². The van der Waals surface area contributed by atoms with Crippen LogP contribution in [0.15, 0.2) is 0 Å². The molecule has 0 amide bonds. The number of nitrogens with two attached hydrogens (primary N) is 2. The first-order valence-electron chi connectivity index (χ1n) is 9.51. The summed E-state index contributed by atoms with van der Waals surface area (Å²) >= 11 is 0. The summed E-state index contributed by atoms with van der Waals surface area (Å²) in [5.41, 5.74) is 12.6. The number of aliphatic hydroxyl groups is 1. The molecular weight excluding hydrogens is 272 g/mol. The largest absolute Gasteiger partial charge is 0.389 e. The summed E-state index contributed by atoms with van der Waals surface area (Å²) in [5, 5.41) is 11.4. The van der Waals surface area contributed by atoms with Crippen LogP contribution in [-0.4, -0.2) is 22.8 Å². The van der Waals surface area contributed by atoms with Crippen LogP contribution in [0.1, 0.15) is 71.6 Å². The minimum Gasteiger partial charge on any atom is -0.389 e. The van der Waals surface area contributed by atoms with Gasteiger partial charge in [0.05, 0.1) is 5.60 Å². The van der Waals surface area contributed by atoms with Gasteiger partial charge < -0.3 is 16.6 Å². The lowest BCUT2D eigenvalue weighted by Crippen LogP contribution is -2.63. The molecule has 4 aliphatic rings. The van der Waals surface area contributed by atoms with E-state index in [4.69, 9.17) is 11.5 Å². The molecule has 2 unspecified atom stereocenters. The smallest absolute Gasteiger partial charge is 0.0718 e. The molecule has 126 valence electrons. The standard InChI is InChI=1S/C19H34N2O/c1-17-6-5-15-14(16(17)9-13(21)10-17)4-8-19(22)11-12(20)3-7-18(15,19)2/h12-16,22H,3-11,20-21H2,1-2H3/t12?,13?,14-,15+,16+,17-,18-,19-/m1/s1. The monoisotopic (exact) mass is 306 g/mol. The summed E-state index contributed by atoms with van der Waals surface area (Å²) in [6.45, 7) is 4.87. The van der Waals surface area contributed by atoms with Crippen LogP contribution in [0.5, 0.6) is 0 Å². The van der Waals surface area contributed by atoms with E-state index >= 15 is 0 Å². The predicted octanol–water partition coefficient (Wildman–Crippen LogP) is 2.80. The summed E-state index contributed by atoms with van der Waals surface area (Å²) in [6, 6.07) is 0.602. The van der Waals surface area contributed by atoms with Crippen molar-refractivity contribution in [3.05, 3.63) is 0 Å². The van der Waals surface area contributed by atoms with Gasteiger partial charge in [0.1, 0.15) is 0 Å². The van der Waals surface area contributed by atoms with Crippen LogP contribution in [0.2, 0.25) is 0 Å². The van der Waals surface area contributed by atoms with Crippen LogP contribution in [-0.2, 0) is 0 Å². The van der Waals surface area contributed by atoms with Crippen molar-refractivity contribution in [1.29, 1.82) is 0 Å². The van der Waals surface area contributed by atoms with Crippen molar-refractivity contribution >= 4 is 0 Å². The number of hydrogen-bond donors (Lipinski definition) is 3. The lowest BCUT2D eigenvalue weighted by atomic mass is 9.43. The minimum absolute atomic E-state index is 0.0831. The number of fused-ring (bicyclic) bond motifs is 5. The normalized spacial score (nSPS) is 61.2. The highest BCUT2D eigenvalue weighted by Gasteiger charge is 2.63. The average molecular weight is 306 g/mol. The molecule has 0 heterocycles. The quantitative estimate of drug-likeness (QED) is 0.644. The van der Waals surface area contributed by atoms with Crippen LogP contribution >= 0.6 is 0 Å². The SMILES string of the molecule is C[C@]12CC[C@H]3[C@@H](CC[C@@]4(O)CC(N)CC[C@]34C)[C@@H]1CC(N)C2. The Hall–Kier alpha value is -0.120. The van der Waals surface area contributed by atoms with E-state index in [1.807, 2.05) is 0 Å². The molecule has 0 aromatic carbocycles. The highest BCUT2D eigenvalue weighted by molar-refractivity contribution is 5.14. The van der Waals surface area contributed by atoms with Gasteiger partial charge >= 0.3 is 0 Å². The number of rotatable bonds is 0. The van der Waals surface area contributed by atoms with Gasteiger partial charge in [0.2, 0.25) is 0 Å². The van der Waals surface area contributed by atoms with Crippen LogP contribution < -0.4 is 11.5 Å². The van der Waals surface area contributed by atoms with E-state index in [1.165, 1.54) is 32.1 Å². The van der Waals surface area contributed by atoms with Gasteiger partial charge in [0.25, 0.3) is 0 Å². The van der Waals surface area contributed by atoms with Gasteiger partial charge in [-0.2, -0.15) is 0 Å². The van der Waals surface area contributed by atoms with Crippen LogP contribution in [0.25, 0.3) is 0 Å². The van der Waals surface area contributed by atoms with Crippen molar-refractivity contribution in [1.82, 2.24) is 0 Å². The second-order valence-corrected chi connectivity index (χ2v) is 9.76. The molecule has 0 aromatic rings. The third-order valence-corrected chi connectivity index (χ3v) is 8.65. The second kappa shape index (κ2) is 4.70. The average Bonchev–Trinajstić information content (AvgIpc) is 2.74. The summed E-state index contributed by atoms with van der Waals surface area (Å²) in [5.74, 6) is 2.26. The summed E-state index contributed by atoms with van der Waals surface area (Å²) < 4.78 is 0. The summed E-state index contributed by atoms with van der Waals surface area (Å²) in [6.07, 6.45) is 10.2. The van der Waals surface area contributed by atoms with E-state index in [2.05, 4.69) is 13.8 Å². The fourth-order valence-corrected chi connectivity index (χ4v) is 7.41. The maximum Gasteiger partial charge on any atom is 0.0718 e. The molecule has 0 aliphatic heterocycles. The van der Waals surface area contributed by atoms with Gasteiger partial charge in [-0.1, -0.05) is 13.8 Å². The molecule has 0 radical (unpaired) electrons. The van der Waals surface area contributed by atoms with Gasteiger partial charge in [-0.3, -0.25) is 0 Å². The van der Waals surface area contributed by atoms with E-state index in [0.29, 0.717) is 17.4 Å². The lowest BCUT2D eigenvalue weighted by molar-refractivity contribution is -0.204. The van der Waals surface area contributed by atoms with Crippen LogP contribution in [0.4, 0.5) is 0 Å². The highest BCUT2D eigenvalue weighted by atomic mass is 16.3. The first-order chi connectivity index (χ1) is 10.3. The fraction of sp³-hybridized carbons (Fsp3) is 1.00. The predicted molar refractivity (Wildman–Crippen MR) is 89.1 cm³/mol. The Morgan fingerprint density at radius 3 is 2.41 bits per heavy atom. The van der Waals surface area contributed by atoms with Crippen molar-refractivity contribution in [2.45, 2.75) is 89.3 Å². The zero-order valence-corrected chi connectivity index (χ0v) is 14.4. The van der Waals surface area contributed by atoms with Gasteiger partial charge in [-0.25, -0.2) is 0 Å². The molecule has 22 heavy (non-hydrogen) atoms. The summed E-state index contributed by atoms with van der Waals surface area (Å²) in [7, 11) is 0. The van der Waals surface area contributed by atoms with Crippen LogP contribution in [0.3, 0.4) is 0 Å². The second-order valence-electron chi connectivity index (χ2n) is 9.76. The molecular formula is C19H34N2O. The van der Waals surface area contributed by atoms with E-state index in [1.54, 1.807) is 0 Å². The molecule has 3 heteroatoms. The van der Waals surface area contributed by atoms with Crippen molar-refractivity contribution < 1.29 is 5.11 Å². The molecule has 4 fully saturated rings. The molecule has 0 aromatic heterocycles. The Kier molecular flexibility index (Phi) is 3.30. The topological polar surface area (TPSA) is 72.3 Å². The maximum absolute atomic E-state index is 11.4. The van der Waals surface area contributed by atoms with Gasteiger partial charge in [-0.15, -0.1) is 0 Å². The zero-order valence-electron chi connectivity index (χ0n) is 14.4. The first-order valence-corrected chi connectivity index (χ1v) is 9.51. The maximum atomic E-state index is 11.4. The molecule has 4 rings (SSSR count). The van der Waals surface area contributed by atoms with E-state index in [-0.39, 0.29) is 11.5 Å². The third kappa shape index (κ3) is 1.91. The Balaban J connectivity index is 1.66. The fourth-order valence-electron chi connectivity index (χ4n) is 7.41. The Morgan fingerprint density at radius 1 is 0.864 bits per heavy atom. The van der Waals surface area contributed by atoms with Crippen molar-refractivity contribution in [3.63, 3.8) is 0 Å². The Bertz CT molecular complexity index is 468. The Labute approximate surface area is 135 Å². The van der Waals surface area contributed by atoms with Gasteiger partial charge in [0, 0.05) is 12.1 Å². The van der Waals surface area contributed by atoms with Crippen molar-refractivity contribution in [2.75, 3.05) is 0 Å². The zero-order chi connectivity index (χ0) is 15.8. The molecule has 0 spiro atoms. The van der Waals surface area contributed by atoms with Gasteiger partial charge in [0.15, 0.2) is 0 Å².